The van der Waals surface area contributed by atoms with Crippen molar-refractivity contribution >= 4 is 0 Å². The van der Waals surface area contributed by atoms with Crippen molar-refractivity contribution in [1.82, 2.24) is 0 Å². The van der Waals surface area contributed by atoms with Crippen LogP contribution < -0.4 is 0 Å². The van der Waals surface area contributed by atoms with Gasteiger partial charge in [-0.15, -0.1) is 0 Å². The summed E-state index contributed by atoms with van der Waals surface area (Å²) in [4.78, 5) is 0. The molecule has 0 nitrogen and oxygen atoms in total. The molecule has 2 aliphatic carbocycles. The molecule has 0 saturated heterocycles. The number of hydrogen-bond donors (Lipinski definition) is 0. The molecule has 0 fully saturated rings. The zero-order valence-corrected chi connectivity index (χ0v) is 14.1. The molecule has 0 aromatic heterocycles. The van der Waals surface area contributed by atoms with Gasteiger partial charge in [0.2, 0.25) is 0 Å². The van der Waals surface area contributed by atoms with Crippen LogP contribution >= 0.6 is 0 Å². The van der Waals surface area contributed by atoms with E-state index >= 15 is 0 Å². The molecule has 0 heterocycles. The molecule has 0 spiro atoms. The van der Waals surface area contributed by atoms with E-state index in [4.69, 9.17) is 0 Å². The van der Waals surface area contributed by atoms with Crippen molar-refractivity contribution in [1.29, 1.82) is 0 Å². The Morgan fingerprint density at radius 2 is 2.00 bits per heavy atom. The van der Waals surface area contributed by atoms with Gasteiger partial charge in [0.1, 0.15) is 0 Å². The zero-order valence-electron chi connectivity index (χ0n) is 13.6. The Kier molecular flexibility index (Phi) is 3.78. The maximum absolute atomic E-state index is 2.46. The van der Waals surface area contributed by atoms with Gasteiger partial charge in [0, 0.05) is 0 Å². The first-order chi connectivity index (χ1) is 8.00. The van der Waals surface area contributed by atoms with E-state index in [1.54, 1.807) is 20.0 Å². The Morgan fingerprint density at radius 3 is 2.53 bits per heavy atom. The molecule has 0 aromatic carbocycles. The molecule has 0 radical (unpaired) electrons. The third kappa shape index (κ3) is 2.12. The first kappa shape index (κ1) is 13.3. The van der Waals surface area contributed by atoms with Crippen LogP contribution in [0.3, 0.4) is 0 Å². The minimum Gasteiger partial charge on any atom is -1.00 e. The minimum atomic E-state index is -0.537. The van der Waals surface area contributed by atoms with E-state index < -0.39 is 23.2 Å². The molecule has 2 aliphatic rings. The van der Waals surface area contributed by atoms with Gasteiger partial charge < -0.3 is 2.85 Å². The van der Waals surface area contributed by atoms with Gasteiger partial charge in [0.15, 0.2) is 0 Å². The summed E-state index contributed by atoms with van der Waals surface area (Å²) >= 11 is -0.537. The van der Waals surface area contributed by atoms with E-state index in [1.165, 1.54) is 12.8 Å². The fourth-order valence-corrected chi connectivity index (χ4v) is 7.12. The Morgan fingerprint density at radius 1 is 1.29 bits per heavy atom. The number of allylic oxidation sites excluding steroid dienone is 8. The predicted octanol–water partition coefficient (Wildman–Crippen LogP) is 5.18. The van der Waals surface area contributed by atoms with Gasteiger partial charge in [0.05, 0.1) is 0 Å². The van der Waals surface area contributed by atoms with Gasteiger partial charge in [-0.3, -0.25) is 0 Å². The Hall–Kier alpha value is -0.157. The van der Waals surface area contributed by atoms with Gasteiger partial charge in [-0.1, -0.05) is 0 Å². The average molecular weight is 308 g/mol. The molecule has 1 atom stereocenters. The molecule has 1 unspecified atom stereocenters. The predicted molar refractivity (Wildman–Crippen MR) is 73.5 cm³/mol. The van der Waals surface area contributed by atoms with Gasteiger partial charge in [-0.25, -0.2) is 0 Å². The van der Waals surface area contributed by atoms with Crippen LogP contribution in [-0.2, 0) is 23.2 Å². The molecule has 1 heteroatoms. The molecule has 0 aliphatic heterocycles. The van der Waals surface area contributed by atoms with Crippen LogP contribution in [0.4, 0.5) is 0 Å². The van der Waals surface area contributed by atoms with Crippen LogP contribution in [0.15, 0.2) is 41.5 Å². The SMILES string of the molecule is CCC1(C)C(C)=C(C)C(C)=[C]1[Zr][C]1=CC=CC1.[H-].[H-]. The van der Waals surface area contributed by atoms with Crippen LogP contribution in [0.5, 0.6) is 0 Å². The van der Waals surface area contributed by atoms with Crippen molar-refractivity contribution in [2.24, 2.45) is 5.41 Å². The number of hydrogen-bond acceptors (Lipinski definition) is 0. The summed E-state index contributed by atoms with van der Waals surface area (Å²) in [6, 6.07) is 0. The first-order valence-corrected chi connectivity index (χ1v) is 8.99. The Labute approximate surface area is 120 Å². The molecular weight excluding hydrogens is 283 g/mol. The second-order valence-corrected chi connectivity index (χ2v) is 8.81. The summed E-state index contributed by atoms with van der Waals surface area (Å²) in [6.45, 7) is 11.8. The van der Waals surface area contributed by atoms with Crippen LogP contribution in [-0.4, -0.2) is 0 Å². The molecular formula is C16H24Zr-2. The van der Waals surface area contributed by atoms with Crippen LogP contribution in [0.25, 0.3) is 0 Å². The standard InChI is InChI=1S/C11H17.C5H5.Zr.2H/c1-6-11(5)7-8(2)9(3)10(11)4;1-2-4-5-3-1;;;/h6H2,1-5H3;1-3H,4H2;;;/q;;;2*-1. The van der Waals surface area contributed by atoms with Crippen molar-refractivity contribution in [2.75, 3.05) is 0 Å². The summed E-state index contributed by atoms with van der Waals surface area (Å²) in [7, 11) is 0. The summed E-state index contributed by atoms with van der Waals surface area (Å²) in [5, 5.41) is 0. The molecule has 0 bridgehead atoms. The third-order valence-corrected chi connectivity index (χ3v) is 9.24. The maximum Gasteiger partial charge on any atom is -1.00 e. The zero-order chi connectivity index (χ0) is 12.6. The molecule has 2 rings (SSSR count). The number of rotatable bonds is 3. The monoisotopic (exact) mass is 306 g/mol. The van der Waals surface area contributed by atoms with Crippen LogP contribution in [0, 0.1) is 5.41 Å². The normalized spacial score (nSPS) is 28.2. The Balaban J connectivity index is 0.00000162. The van der Waals surface area contributed by atoms with Crippen molar-refractivity contribution in [3.63, 3.8) is 0 Å². The van der Waals surface area contributed by atoms with Gasteiger partial charge in [-0.2, -0.15) is 0 Å². The molecule has 17 heavy (non-hydrogen) atoms. The summed E-state index contributed by atoms with van der Waals surface area (Å²) in [5.74, 6) is 0. The third-order valence-electron chi connectivity index (χ3n) is 4.64. The van der Waals surface area contributed by atoms with E-state index in [1.807, 2.05) is 3.28 Å². The summed E-state index contributed by atoms with van der Waals surface area (Å²) in [5.41, 5.74) is 5.19. The fraction of sp³-hybridized carbons (Fsp3) is 0.500. The molecule has 94 valence electrons. The maximum atomic E-state index is 2.46. The largest absolute Gasteiger partial charge is 1.00 e. The molecule has 0 N–H and O–H groups in total. The van der Waals surface area contributed by atoms with E-state index in [9.17, 15) is 0 Å². The van der Waals surface area contributed by atoms with Crippen molar-refractivity contribution in [3.05, 3.63) is 41.5 Å². The molecule has 0 amide bonds. The van der Waals surface area contributed by atoms with E-state index in [0.717, 1.165) is 0 Å². The molecule has 0 saturated carbocycles. The second-order valence-electron chi connectivity index (χ2n) is 5.38. The van der Waals surface area contributed by atoms with Crippen LogP contribution in [0.2, 0.25) is 0 Å². The summed E-state index contributed by atoms with van der Waals surface area (Å²) < 4.78 is 3.57. The Bertz CT molecular complexity index is 469. The average Bonchev–Trinajstić information content (AvgIpc) is 2.89. The second kappa shape index (κ2) is 4.84. The van der Waals surface area contributed by atoms with Crippen molar-refractivity contribution < 1.29 is 26.1 Å². The summed E-state index contributed by atoms with van der Waals surface area (Å²) in [6.07, 6.45) is 9.38. The van der Waals surface area contributed by atoms with Gasteiger partial charge in [0.25, 0.3) is 0 Å². The topological polar surface area (TPSA) is 0 Å². The van der Waals surface area contributed by atoms with E-state index in [-0.39, 0.29) is 2.85 Å². The fourth-order valence-electron chi connectivity index (χ4n) is 2.86. The van der Waals surface area contributed by atoms with Crippen LogP contribution in [0.1, 0.15) is 50.3 Å². The van der Waals surface area contributed by atoms with Crippen molar-refractivity contribution in [3.8, 4) is 0 Å². The van der Waals surface area contributed by atoms with Gasteiger partial charge in [-0.05, 0) is 0 Å². The van der Waals surface area contributed by atoms with Crippen molar-refractivity contribution in [2.45, 2.75) is 47.5 Å². The van der Waals surface area contributed by atoms with Gasteiger partial charge >= 0.3 is 118 Å². The smallest absolute Gasteiger partial charge is 1.00 e. The molecule has 0 aromatic rings. The van der Waals surface area contributed by atoms with E-state index in [0.29, 0.717) is 5.41 Å². The van der Waals surface area contributed by atoms with E-state index in [2.05, 4.69) is 52.8 Å². The first-order valence-electron chi connectivity index (χ1n) is 6.53. The quantitative estimate of drug-likeness (QED) is 0.674. The minimum absolute atomic E-state index is 0.